The quantitative estimate of drug-likeness (QED) is 0.632. The van der Waals surface area contributed by atoms with E-state index in [0.29, 0.717) is 11.4 Å². The zero-order valence-electron chi connectivity index (χ0n) is 12.9. The van der Waals surface area contributed by atoms with Gasteiger partial charge in [0.1, 0.15) is 5.75 Å². The smallest absolute Gasteiger partial charge is 0.289 e. The number of nitro groups is 1. The van der Waals surface area contributed by atoms with E-state index in [4.69, 9.17) is 4.74 Å². The maximum Gasteiger partial charge on any atom is 0.289 e. The summed E-state index contributed by atoms with van der Waals surface area (Å²) in [5, 5.41) is 13.6. The molecule has 2 N–H and O–H groups in total. The number of rotatable bonds is 4. The fourth-order valence-electron chi connectivity index (χ4n) is 2.32. The summed E-state index contributed by atoms with van der Waals surface area (Å²) in [5.41, 5.74) is -0.0837. The minimum absolute atomic E-state index is 0.135. The van der Waals surface area contributed by atoms with Crippen LogP contribution in [0.5, 0.6) is 5.75 Å². The second kappa shape index (κ2) is 6.06. The van der Waals surface area contributed by atoms with Crippen LogP contribution in [0.1, 0.15) is 6.92 Å². The number of benzene rings is 2. The lowest BCUT2D eigenvalue weighted by Gasteiger charge is -2.23. The number of fused-ring (bicyclic) bond motifs is 1. The van der Waals surface area contributed by atoms with E-state index in [-0.39, 0.29) is 11.6 Å². The van der Waals surface area contributed by atoms with E-state index in [1.807, 2.05) is 0 Å². The van der Waals surface area contributed by atoms with Crippen LogP contribution >= 0.6 is 0 Å². The highest BCUT2D eigenvalue weighted by Gasteiger charge is 2.27. The Morgan fingerprint density at radius 3 is 2.68 bits per heavy atom. The summed E-state index contributed by atoms with van der Waals surface area (Å²) in [6.07, 6.45) is -0.651. The summed E-state index contributed by atoms with van der Waals surface area (Å²) in [6, 6.07) is 9.35. The molecule has 2 aromatic carbocycles. The first-order chi connectivity index (χ1) is 11.8. The Labute approximate surface area is 142 Å². The van der Waals surface area contributed by atoms with Crippen molar-refractivity contribution in [3.05, 3.63) is 52.6 Å². The molecular formula is C15H13N3O6S. The second-order valence-electron chi connectivity index (χ2n) is 5.29. The van der Waals surface area contributed by atoms with Gasteiger partial charge >= 0.3 is 0 Å². The van der Waals surface area contributed by atoms with E-state index in [0.717, 1.165) is 12.1 Å². The van der Waals surface area contributed by atoms with Gasteiger partial charge in [-0.25, -0.2) is 8.42 Å². The van der Waals surface area contributed by atoms with Gasteiger partial charge in [-0.1, -0.05) is 12.1 Å². The molecule has 0 aliphatic carbocycles. The van der Waals surface area contributed by atoms with Crippen LogP contribution in [-0.2, 0) is 14.8 Å². The number of hydrogen-bond acceptors (Lipinski definition) is 6. The number of para-hydroxylation sites is 1. The van der Waals surface area contributed by atoms with Crippen molar-refractivity contribution in [2.75, 3.05) is 10.0 Å². The maximum absolute atomic E-state index is 12.5. The Morgan fingerprint density at radius 1 is 1.24 bits per heavy atom. The van der Waals surface area contributed by atoms with Crippen molar-refractivity contribution in [1.29, 1.82) is 0 Å². The van der Waals surface area contributed by atoms with Gasteiger partial charge in [-0.3, -0.25) is 19.6 Å². The predicted molar refractivity (Wildman–Crippen MR) is 89.1 cm³/mol. The molecule has 1 aliphatic heterocycles. The molecule has 0 unspecified atom stereocenters. The first-order valence-corrected chi connectivity index (χ1v) is 8.64. The molecular weight excluding hydrogens is 350 g/mol. The van der Waals surface area contributed by atoms with Crippen LogP contribution in [0.3, 0.4) is 0 Å². The van der Waals surface area contributed by atoms with E-state index in [2.05, 4.69) is 10.0 Å². The molecule has 3 rings (SSSR count). The Morgan fingerprint density at radius 2 is 1.96 bits per heavy atom. The third-order valence-corrected chi connectivity index (χ3v) is 4.94. The highest BCUT2D eigenvalue weighted by molar-refractivity contribution is 7.92. The monoisotopic (exact) mass is 363 g/mol. The van der Waals surface area contributed by atoms with Crippen LogP contribution in [0.4, 0.5) is 17.1 Å². The van der Waals surface area contributed by atoms with Crippen molar-refractivity contribution in [3.8, 4) is 5.75 Å². The SMILES string of the molecule is C[C@@H]1Oc2ccc(NS(=O)(=O)c3ccccc3[N+](=O)[O-])cc2NC1=O. The highest BCUT2D eigenvalue weighted by atomic mass is 32.2. The van der Waals surface area contributed by atoms with Gasteiger partial charge in [-0.05, 0) is 31.2 Å². The minimum Gasteiger partial charge on any atom is -0.479 e. The number of amides is 1. The maximum atomic E-state index is 12.5. The van der Waals surface area contributed by atoms with Crippen LogP contribution in [0.15, 0.2) is 47.4 Å². The number of hydrogen-bond donors (Lipinski definition) is 2. The molecule has 130 valence electrons. The van der Waals surface area contributed by atoms with Crippen LogP contribution in [0.25, 0.3) is 0 Å². The number of nitrogens with zero attached hydrogens (tertiary/aromatic N) is 1. The van der Waals surface area contributed by atoms with E-state index >= 15 is 0 Å². The summed E-state index contributed by atoms with van der Waals surface area (Å²) in [5.74, 6) is 0.0481. The third kappa shape index (κ3) is 3.24. The first kappa shape index (κ1) is 16.7. The number of carbonyl (C=O) groups is 1. The van der Waals surface area contributed by atoms with Gasteiger partial charge in [0.15, 0.2) is 11.0 Å². The molecule has 10 heteroatoms. The summed E-state index contributed by atoms with van der Waals surface area (Å²) in [7, 11) is -4.19. The van der Waals surface area contributed by atoms with Gasteiger partial charge in [0, 0.05) is 6.07 Å². The molecule has 25 heavy (non-hydrogen) atoms. The molecule has 0 fully saturated rings. The summed E-state index contributed by atoms with van der Waals surface area (Å²) in [4.78, 5) is 21.5. The third-order valence-electron chi connectivity index (χ3n) is 3.51. The summed E-state index contributed by atoms with van der Waals surface area (Å²) >= 11 is 0. The van der Waals surface area contributed by atoms with Gasteiger partial charge in [0.25, 0.3) is 21.6 Å². The molecule has 0 saturated heterocycles. The minimum atomic E-state index is -4.19. The molecule has 9 nitrogen and oxygen atoms in total. The van der Waals surface area contributed by atoms with E-state index in [1.54, 1.807) is 6.92 Å². The number of carbonyl (C=O) groups excluding carboxylic acids is 1. The van der Waals surface area contributed by atoms with Crippen molar-refractivity contribution in [2.24, 2.45) is 0 Å². The Bertz CT molecular complexity index is 973. The molecule has 1 atom stereocenters. The first-order valence-electron chi connectivity index (χ1n) is 7.16. The second-order valence-corrected chi connectivity index (χ2v) is 6.94. The topological polar surface area (TPSA) is 128 Å². The molecule has 0 aromatic heterocycles. The standard InChI is InChI=1S/C15H13N3O6S/c1-9-15(19)16-11-8-10(6-7-13(11)24-9)17-25(22,23)14-5-3-2-4-12(14)18(20)21/h2-9,17H,1H3,(H,16,19)/t9-/m0/s1. The Balaban J connectivity index is 1.94. The lowest BCUT2D eigenvalue weighted by atomic mass is 10.2. The average Bonchev–Trinajstić information content (AvgIpc) is 2.56. The van der Waals surface area contributed by atoms with E-state index < -0.39 is 31.6 Å². The molecule has 0 spiro atoms. The van der Waals surface area contributed by atoms with E-state index in [9.17, 15) is 23.3 Å². The van der Waals surface area contributed by atoms with Crippen LogP contribution in [0.2, 0.25) is 0 Å². The normalized spacial score (nSPS) is 16.4. The zero-order chi connectivity index (χ0) is 18.2. The fourth-order valence-corrected chi connectivity index (χ4v) is 3.54. The largest absolute Gasteiger partial charge is 0.479 e. The Kier molecular flexibility index (Phi) is 4.05. The van der Waals surface area contributed by atoms with Crippen molar-refractivity contribution < 1.29 is 22.9 Å². The molecule has 1 amide bonds. The molecule has 0 saturated carbocycles. The molecule has 2 aromatic rings. The zero-order valence-corrected chi connectivity index (χ0v) is 13.7. The van der Waals surface area contributed by atoms with Gasteiger partial charge in [-0.15, -0.1) is 0 Å². The number of sulfonamides is 1. The van der Waals surface area contributed by atoms with Gasteiger partial charge in [0.05, 0.1) is 16.3 Å². The summed E-state index contributed by atoms with van der Waals surface area (Å²) in [6.45, 7) is 1.59. The molecule has 1 heterocycles. The average molecular weight is 363 g/mol. The lowest BCUT2D eigenvalue weighted by Crippen LogP contribution is -2.34. The highest BCUT2D eigenvalue weighted by Crippen LogP contribution is 2.33. The summed E-state index contributed by atoms with van der Waals surface area (Å²) < 4.78 is 32.6. The van der Waals surface area contributed by atoms with Crippen molar-refractivity contribution in [1.82, 2.24) is 0 Å². The van der Waals surface area contributed by atoms with Crippen LogP contribution in [0, 0.1) is 10.1 Å². The van der Waals surface area contributed by atoms with Gasteiger partial charge in [0.2, 0.25) is 0 Å². The molecule has 0 radical (unpaired) electrons. The molecule has 1 aliphatic rings. The number of nitro benzene ring substituents is 1. The number of anilines is 2. The Hall–Kier alpha value is -3.14. The van der Waals surface area contributed by atoms with Gasteiger partial charge < -0.3 is 10.1 Å². The lowest BCUT2D eigenvalue weighted by molar-refractivity contribution is -0.387. The number of ether oxygens (including phenoxy) is 1. The van der Waals surface area contributed by atoms with Crippen LogP contribution in [-0.4, -0.2) is 25.4 Å². The number of nitrogens with one attached hydrogen (secondary N) is 2. The molecule has 0 bridgehead atoms. The van der Waals surface area contributed by atoms with Crippen LogP contribution < -0.4 is 14.8 Å². The van der Waals surface area contributed by atoms with E-state index in [1.165, 1.54) is 30.3 Å². The van der Waals surface area contributed by atoms with Crippen molar-refractivity contribution >= 4 is 33.0 Å². The van der Waals surface area contributed by atoms with Gasteiger partial charge in [-0.2, -0.15) is 0 Å². The van der Waals surface area contributed by atoms with Crippen molar-refractivity contribution in [2.45, 2.75) is 17.9 Å². The van der Waals surface area contributed by atoms with Crippen molar-refractivity contribution in [3.63, 3.8) is 0 Å². The predicted octanol–water partition coefficient (Wildman–Crippen LogP) is 2.11. The fraction of sp³-hybridized carbons (Fsp3) is 0.133.